The number of aromatic nitrogens is 1. The average molecular weight is 349 g/mol. The Kier molecular flexibility index (Phi) is 12.1. The van der Waals surface area contributed by atoms with Crippen molar-refractivity contribution in [3.05, 3.63) is 30.1 Å². The van der Waals surface area contributed by atoms with Gasteiger partial charge in [0.15, 0.2) is 0 Å². The summed E-state index contributed by atoms with van der Waals surface area (Å²) in [5.41, 5.74) is 1.16. The number of carbonyl (C=O) groups excluding carboxylic acids is 1. The molecule has 0 atom stereocenters. The Bertz CT molecular complexity index is 400. The molecule has 1 amide bonds. The Morgan fingerprint density at radius 2 is 1.91 bits per heavy atom. The smallest absolute Gasteiger partial charge is 0.220 e. The van der Waals surface area contributed by atoms with E-state index in [1.807, 2.05) is 12.1 Å². The quantitative estimate of drug-likeness (QED) is 0.728. The van der Waals surface area contributed by atoms with E-state index >= 15 is 0 Å². The number of hydrogen-bond donors (Lipinski definition) is 2. The molecule has 22 heavy (non-hydrogen) atoms. The summed E-state index contributed by atoms with van der Waals surface area (Å²) in [7, 11) is 0. The van der Waals surface area contributed by atoms with Crippen LogP contribution >= 0.6 is 24.8 Å². The third-order valence-corrected chi connectivity index (χ3v) is 3.57. The zero-order chi connectivity index (χ0) is 14.0. The fraction of sp³-hybridized carbons (Fsp3) is 0.600. The summed E-state index contributed by atoms with van der Waals surface area (Å²) in [6, 6.07) is 3.91. The zero-order valence-electron chi connectivity index (χ0n) is 12.8. The van der Waals surface area contributed by atoms with Crippen LogP contribution in [0, 0.1) is 0 Å². The van der Waals surface area contributed by atoms with Crippen molar-refractivity contribution in [3.63, 3.8) is 0 Å². The number of nitrogens with zero attached hydrogens (tertiary/aromatic N) is 2. The number of carbonyl (C=O) groups is 1. The summed E-state index contributed by atoms with van der Waals surface area (Å²) in [5, 5.41) is 6.34. The third-order valence-electron chi connectivity index (χ3n) is 3.57. The number of amides is 1. The molecule has 0 unspecified atom stereocenters. The molecule has 2 N–H and O–H groups in total. The second-order valence-electron chi connectivity index (χ2n) is 5.15. The van der Waals surface area contributed by atoms with Crippen LogP contribution in [0.25, 0.3) is 0 Å². The van der Waals surface area contributed by atoms with Crippen molar-refractivity contribution < 1.29 is 4.79 Å². The number of rotatable bonds is 7. The number of piperazine rings is 1. The van der Waals surface area contributed by atoms with Crippen LogP contribution in [0.15, 0.2) is 24.5 Å². The normalized spacial score (nSPS) is 14.5. The number of nitrogens with one attached hydrogen (secondary N) is 2. The fourth-order valence-electron chi connectivity index (χ4n) is 2.36. The maximum atomic E-state index is 11.7. The topological polar surface area (TPSA) is 57.3 Å². The van der Waals surface area contributed by atoms with E-state index in [0.29, 0.717) is 6.42 Å². The minimum atomic E-state index is 0. The Morgan fingerprint density at radius 3 is 2.59 bits per heavy atom. The first-order chi connectivity index (χ1) is 9.84. The lowest BCUT2D eigenvalue weighted by Gasteiger charge is -2.27. The van der Waals surface area contributed by atoms with Gasteiger partial charge in [0.1, 0.15) is 0 Å². The van der Waals surface area contributed by atoms with Gasteiger partial charge in [0.2, 0.25) is 5.91 Å². The van der Waals surface area contributed by atoms with Gasteiger partial charge in [-0.25, -0.2) is 0 Å². The van der Waals surface area contributed by atoms with E-state index in [9.17, 15) is 4.79 Å². The Hall–Kier alpha value is -0.880. The van der Waals surface area contributed by atoms with Gasteiger partial charge in [-0.15, -0.1) is 24.8 Å². The van der Waals surface area contributed by atoms with Crippen molar-refractivity contribution in [1.82, 2.24) is 20.5 Å². The lowest BCUT2D eigenvalue weighted by atomic mass is 10.1. The summed E-state index contributed by atoms with van der Waals surface area (Å²) in [5.74, 6) is 0.141. The van der Waals surface area contributed by atoms with E-state index in [2.05, 4.69) is 20.5 Å². The van der Waals surface area contributed by atoms with Crippen molar-refractivity contribution in [2.24, 2.45) is 0 Å². The van der Waals surface area contributed by atoms with E-state index in [-0.39, 0.29) is 30.7 Å². The molecule has 0 spiro atoms. The first-order valence-corrected chi connectivity index (χ1v) is 7.43. The summed E-state index contributed by atoms with van der Waals surface area (Å²) < 4.78 is 0. The van der Waals surface area contributed by atoms with Crippen LogP contribution in [0.5, 0.6) is 0 Å². The predicted molar refractivity (Wildman–Crippen MR) is 94.0 cm³/mol. The van der Waals surface area contributed by atoms with Gasteiger partial charge in [-0.05, 0) is 37.1 Å². The molecule has 0 saturated carbocycles. The molecule has 1 aliphatic heterocycles. The minimum Gasteiger partial charge on any atom is -0.356 e. The second kappa shape index (κ2) is 12.6. The summed E-state index contributed by atoms with van der Waals surface area (Å²) >= 11 is 0. The van der Waals surface area contributed by atoms with Crippen LogP contribution < -0.4 is 10.6 Å². The van der Waals surface area contributed by atoms with Gasteiger partial charge in [0.25, 0.3) is 0 Å². The largest absolute Gasteiger partial charge is 0.356 e. The molecule has 0 aromatic carbocycles. The zero-order valence-corrected chi connectivity index (χ0v) is 14.4. The van der Waals surface area contributed by atoms with Gasteiger partial charge in [0.05, 0.1) is 0 Å². The lowest BCUT2D eigenvalue weighted by molar-refractivity contribution is -0.121. The fourth-order valence-corrected chi connectivity index (χ4v) is 2.36. The van der Waals surface area contributed by atoms with Crippen LogP contribution in [0.2, 0.25) is 0 Å². The summed E-state index contributed by atoms with van der Waals surface area (Å²) in [4.78, 5) is 18.1. The highest BCUT2D eigenvalue weighted by molar-refractivity contribution is 5.85. The monoisotopic (exact) mass is 348 g/mol. The van der Waals surface area contributed by atoms with Crippen LogP contribution in [-0.4, -0.2) is 55.1 Å². The Labute approximate surface area is 145 Å². The maximum absolute atomic E-state index is 11.7. The molecular weight excluding hydrogens is 323 g/mol. The molecule has 0 bridgehead atoms. The van der Waals surface area contributed by atoms with Crippen molar-refractivity contribution >= 4 is 30.7 Å². The van der Waals surface area contributed by atoms with E-state index in [0.717, 1.165) is 57.7 Å². The molecule has 2 heterocycles. The lowest BCUT2D eigenvalue weighted by Crippen LogP contribution is -2.44. The van der Waals surface area contributed by atoms with Crippen LogP contribution in [-0.2, 0) is 11.2 Å². The standard InChI is InChI=1S/C15H24N4O.2ClH/c20-15(3-2-14-4-7-16-8-5-14)18-6-1-11-19-12-9-17-10-13-19;;/h4-5,7-8,17H,1-3,6,9-13H2,(H,18,20);2*1H. The number of hydrogen-bond acceptors (Lipinski definition) is 4. The Balaban J connectivity index is 0.00000220. The molecule has 2 rings (SSSR count). The van der Waals surface area contributed by atoms with Crippen LogP contribution in [0.4, 0.5) is 0 Å². The first-order valence-electron chi connectivity index (χ1n) is 7.43. The van der Waals surface area contributed by atoms with Crippen LogP contribution in [0.1, 0.15) is 18.4 Å². The molecule has 1 aliphatic rings. The molecular formula is C15H26Cl2N4O. The van der Waals surface area contributed by atoms with Crippen molar-refractivity contribution in [1.29, 1.82) is 0 Å². The van der Waals surface area contributed by atoms with Gasteiger partial charge in [0, 0.05) is 51.5 Å². The highest BCUT2D eigenvalue weighted by Gasteiger charge is 2.08. The Morgan fingerprint density at radius 1 is 1.23 bits per heavy atom. The second-order valence-corrected chi connectivity index (χ2v) is 5.15. The molecule has 1 aromatic rings. The van der Waals surface area contributed by atoms with Gasteiger partial charge in [-0.3, -0.25) is 9.78 Å². The van der Waals surface area contributed by atoms with Gasteiger partial charge in [-0.1, -0.05) is 0 Å². The highest BCUT2D eigenvalue weighted by Crippen LogP contribution is 2.00. The van der Waals surface area contributed by atoms with E-state index in [1.165, 1.54) is 0 Å². The molecule has 5 nitrogen and oxygen atoms in total. The highest BCUT2D eigenvalue weighted by atomic mass is 35.5. The molecule has 1 fully saturated rings. The van der Waals surface area contributed by atoms with E-state index in [4.69, 9.17) is 0 Å². The third kappa shape index (κ3) is 8.54. The van der Waals surface area contributed by atoms with E-state index < -0.39 is 0 Å². The van der Waals surface area contributed by atoms with Crippen LogP contribution in [0.3, 0.4) is 0 Å². The maximum Gasteiger partial charge on any atom is 0.220 e. The van der Waals surface area contributed by atoms with Crippen molar-refractivity contribution in [3.8, 4) is 0 Å². The van der Waals surface area contributed by atoms with Gasteiger partial charge in [-0.2, -0.15) is 0 Å². The first kappa shape index (κ1) is 21.1. The average Bonchev–Trinajstić information content (AvgIpc) is 2.52. The molecule has 7 heteroatoms. The molecule has 0 radical (unpaired) electrons. The molecule has 126 valence electrons. The van der Waals surface area contributed by atoms with Gasteiger partial charge >= 0.3 is 0 Å². The summed E-state index contributed by atoms with van der Waals surface area (Å²) in [6.07, 6.45) is 5.90. The van der Waals surface area contributed by atoms with Gasteiger partial charge < -0.3 is 15.5 Å². The van der Waals surface area contributed by atoms with E-state index in [1.54, 1.807) is 12.4 Å². The molecule has 0 aliphatic carbocycles. The molecule has 1 aromatic heterocycles. The summed E-state index contributed by atoms with van der Waals surface area (Å²) in [6.45, 7) is 6.26. The number of aryl methyl sites for hydroxylation is 1. The number of halogens is 2. The molecule has 1 saturated heterocycles. The SMILES string of the molecule is Cl.Cl.O=C(CCc1ccncc1)NCCCN1CCNCC1. The van der Waals surface area contributed by atoms with Crippen molar-refractivity contribution in [2.75, 3.05) is 39.3 Å². The number of pyridine rings is 1. The predicted octanol–water partition coefficient (Wildman–Crippen LogP) is 1.27. The van der Waals surface area contributed by atoms with Crippen molar-refractivity contribution in [2.45, 2.75) is 19.3 Å². The minimum absolute atomic E-state index is 0.